The number of piperidine rings is 1. The highest BCUT2D eigenvalue weighted by molar-refractivity contribution is 5.75. The van der Waals surface area contributed by atoms with Gasteiger partial charge in [-0.05, 0) is 58.2 Å². The average molecular weight is 367 g/mol. The molecule has 4 rings (SSSR count). The molecule has 0 radical (unpaired) electrons. The highest BCUT2D eigenvalue weighted by Gasteiger charge is 2.36. The van der Waals surface area contributed by atoms with Crippen LogP contribution in [0.5, 0.6) is 0 Å². The molecule has 0 bridgehead atoms. The minimum atomic E-state index is -0.487. The zero-order chi connectivity index (χ0) is 19.0. The van der Waals surface area contributed by atoms with Gasteiger partial charge in [0.05, 0.1) is 29.7 Å². The van der Waals surface area contributed by atoms with E-state index in [0.717, 1.165) is 38.0 Å². The SMILES string of the molecule is CC(C)(C)C(=O)O[C@H](C[C@@H]1c2ccccc2-c2cncn21)C1CCNCC1. The van der Waals surface area contributed by atoms with E-state index in [2.05, 4.69) is 39.1 Å². The Labute approximate surface area is 161 Å². The molecule has 0 amide bonds. The summed E-state index contributed by atoms with van der Waals surface area (Å²) in [4.78, 5) is 17.0. The van der Waals surface area contributed by atoms with Crippen LogP contribution in [0.4, 0.5) is 0 Å². The second kappa shape index (κ2) is 7.12. The molecule has 1 fully saturated rings. The van der Waals surface area contributed by atoms with Crippen molar-refractivity contribution in [1.29, 1.82) is 0 Å². The lowest BCUT2D eigenvalue weighted by atomic mass is 9.86. The number of benzene rings is 1. The number of ether oxygens (including phenoxy) is 1. The van der Waals surface area contributed by atoms with Crippen LogP contribution in [0.25, 0.3) is 11.3 Å². The number of hydrogen-bond acceptors (Lipinski definition) is 4. The summed E-state index contributed by atoms with van der Waals surface area (Å²) in [7, 11) is 0. The summed E-state index contributed by atoms with van der Waals surface area (Å²) in [6.45, 7) is 7.76. The third kappa shape index (κ3) is 3.53. The Bertz CT molecular complexity index is 815. The molecule has 5 heteroatoms. The highest BCUT2D eigenvalue weighted by Crippen LogP contribution is 2.43. The molecular formula is C22H29N3O2. The van der Waals surface area contributed by atoms with Crippen molar-refractivity contribution in [3.05, 3.63) is 42.4 Å². The first kappa shape index (κ1) is 18.2. The summed E-state index contributed by atoms with van der Waals surface area (Å²) >= 11 is 0. The number of imidazole rings is 1. The second-order valence-electron chi connectivity index (χ2n) is 8.81. The van der Waals surface area contributed by atoms with E-state index in [1.165, 1.54) is 11.1 Å². The second-order valence-corrected chi connectivity index (χ2v) is 8.81. The van der Waals surface area contributed by atoms with Crippen molar-refractivity contribution >= 4 is 5.97 Å². The first-order valence-electron chi connectivity index (χ1n) is 9.98. The van der Waals surface area contributed by atoms with E-state index in [-0.39, 0.29) is 18.1 Å². The van der Waals surface area contributed by atoms with Gasteiger partial charge in [0.2, 0.25) is 0 Å². The lowest BCUT2D eigenvalue weighted by molar-refractivity contribution is -0.162. The predicted molar refractivity (Wildman–Crippen MR) is 105 cm³/mol. The first-order chi connectivity index (χ1) is 12.9. The van der Waals surface area contributed by atoms with Crippen LogP contribution in [0.2, 0.25) is 0 Å². The average Bonchev–Trinajstić information content (AvgIpc) is 3.23. The summed E-state index contributed by atoms with van der Waals surface area (Å²) < 4.78 is 8.36. The summed E-state index contributed by atoms with van der Waals surface area (Å²) in [5.41, 5.74) is 3.22. The molecule has 2 aliphatic heterocycles. The van der Waals surface area contributed by atoms with Crippen LogP contribution < -0.4 is 5.32 Å². The van der Waals surface area contributed by atoms with Gasteiger partial charge in [0.15, 0.2) is 0 Å². The molecule has 0 aliphatic carbocycles. The first-order valence-corrected chi connectivity index (χ1v) is 9.98. The van der Waals surface area contributed by atoms with Gasteiger partial charge in [-0.15, -0.1) is 0 Å². The Hall–Kier alpha value is -2.14. The van der Waals surface area contributed by atoms with Gasteiger partial charge in [0.25, 0.3) is 0 Å². The molecule has 0 unspecified atom stereocenters. The summed E-state index contributed by atoms with van der Waals surface area (Å²) in [5, 5.41) is 3.42. The number of hydrogen-bond donors (Lipinski definition) is 1. The Morgan fingerprint density at radius 2 is 2.04 bits per heavy atom. The zero-order valence-corrected chi connectivity index (χ0v) is 16.4. The zero-order valence-electron chi connectivity index (χ0n) is 16.4. The van der Waals surface area contributed by atoms with Gasteiger partial charge in [0, 0.05) is 12.0 Å². The van der Waals surface area contributed by atoms with Gasteiger partial charge in [-0.1, -0.05) is 24.3 Å². The van der Waals surface area contributed by atoms with Crippen molar-refractivity contribution in [3.8, 4) is 11.3 Å². The smallest absolute Gasteiger partial charge is 0.311 e. The van der Waals surface area contributed by atoms with Gasteiger partial charge in [0.1, 0.15) is 6.10 Å². The van der Waals surface area contributed by atoms with E-state index in [9.17, 15) is 4.79 Å². The van der Waals surface area contributed by atoms with Crippen LogP contribution in [0, 0.1) is 11.3 Å². The van der Waals surface area contributed by atoms with E-state index >= 15 is 0 Å². The molecule has 0 spiro atoms. The molecule has 1 aromatic heterocycles. The van der Waals surface area contributed by atoms with Gasteiger partial charge in [-0.3, -0.25) is 4.79 Å². The monoisotopic (exact) mass is 367 g/mol. The summed E-state index contributed by atoms with van der Waals surface area (Å²) in [6.07, 6.45) is 6.66. The third-order valence-corrected chi connectivity index (χ3v) is 5.83. The molecule has 144 valence electrons. The van der Waals surface area contributed by atoms with Crippen LogP contribution >= 0.6 is 0 Å². The molecule has 2 aliphatic rings. The number of nitrogens with one attached hydrogen (secondary N) is 1. The molecule has 1 N–H and O–H groups in total. The van der Waals surface area contributed by atoms with Crippen LogP contribution in [0.3, 0.4) is 0 Å². The quantitative estimate of drug-likeness (QED) is 0.835. The van der Waals surface area contributed by atoms with E-state index in [0.29, 0.717) is 5.92 Å². The number of fused-ring (bicyclic) bond motifs is 3. The standard InChI is InChI=1S/C22H29N3O2/c1-22(2,3)21(26)27-20(15-8-10-23-11-9-15)12-18-16-6-4-5-7-17(16)19-13-24-14-25(18)19/h4-7,13-15,18,20,23H,8-12H2,1-3H3/t18-,20-/m1/s1. The topological polar surface area (TPSA) is 56.1 Å². The molecule has 2 atom stereocenters. The van der Waals surface area contributed by atoms with E-state index in [1.807, 2.05) is 33.3 Å². The fourth-order valence-corrected chi connectivity index (χ4v) is 4.26. The molecule has 27 heavy (non-hydrogen) atoms. The number of carbonyl (C=O) groups excluding carboxylic acids is 1. The highest BCUT2D eigenvalue weighted by atomic mass is 16.5. The fraction of sp³-hybridized carbons (Fsp3) is 0.545. The van der Waals surface area contributed by atoms with Gasteiger partial charge in [-0.2, -0.15) is 0 Å². The van der Waals surface area contributed by atoms with Gasteiger partial charge >= 0.3 is 5.97 Å². The maximum absolute atomic E-state index is 12.7. The number of carbonyl (C=O) groups is 1. The normalized spacial score (nSPS) is 20.8. The molecule has 3 heterocycles. The minimum absolute atomic E-state index is 0.0785. The lowest BCUT2D eigenvalue weighted by Gasteiger charge is -2.34. The van der Waals surface area contributed by atoms with E-state index < -0.39 is 5.41 Å². The summed E-state index contributed by atoms with van der Waals surface area (Å²) in [5.74, 6) is 0.292. The van der Waals surface area contributed by atoms with Crippen LogP contribution in [-0.4, -0.2) is 34.7 Å². The van der Waals surface area contributed by atoms with E-state index in [1.54, 1.807) is 0 Å². The molecule has 5 nitrogen and oxygen atoms in total. The number of rotatable bonds is 4. The molecule has 2 aromatic rings. The summed E-state index contributed by atoms with van der Waals surface area (Å²) in [6, 6.07) is 8.68. The molecule has 1 aromatic carbocycles. The van der Waals surface area contributed by atoms with Crippen molar-refractivity contribution in [2.75, 3.05) is 13.1 Å². The van der Waals surface area contributed by atoms with Crippen molar-refractivity contribution in [2.24, 2.45) is 11.3 Å². The third-order valence-electron chi connectivity index (χ3n) is 5.83. The molecule has 1 saturated heterocycles. The van der Waals surface area contributed by atoms with Crippen LogP contribution in [0.1, 0.15) is 51.6 Å². The van der Waals surface area contributed by atoms with Crippen molar-refractivity contribution in [1.82, 2.24) is 14.9 Å². The molecular weight excluding hydrogens is 338 g/mol. The van der Waals surface area contributed by atoms with Crippen molar-refractivity contribution < 1.29 is 9.53 Å². The Morgan fingerprint density at radius 3 is 2.78 bits per heavy atom. The van der Waals surface area contributed by atoms with Crippen LogP contribution in [0.15, 0.2) is 36.8 Å². The fourth-order valence-electron chi connectivity index (χ4n) is 4.26. The number of nitrogens with zero attached hydrogens (tertiary/aromatic N) is 2. The Kier molecular flexibility index (Phi) is 4.81. The van der Waals surface area contributed by atoms with E-state index in [4.69, 9.17) is 4.74 Å². The maximum Gasteiger partial charge on any atom is 0.311 e. The lowest BCUT2D eigenvalue weighted by Crippen LogP contribution is -2.39. The minimum Gasteiger partial charge on any atom is -0.462 e. The van der Waals surface area contributed by atoms with Crippen molar-refractivity contribution in [2.45, 2.75) is 52.2 Å². The number of esters is 1. The van der Waals surface area contributed by atoms with Crippen molar-refractivity contribution in [3.63, 3.8) is 0 Å². The van der Waals surface area contributed by atoms with Gasteiger partial charge in [-0.25, -0.2) is 4.98 Å². The maximum atomic E-state index is 12.7. The van der Waals surface area contributed by atoms with Gasteiger partial charge < -0.3 is 14.6 Å². The molecule has 0 saturated carbocycles. The predicted octanol–water partition coefficient (Wildman–Crippen LogP) is 3.80. The Morgan fingerprint density at radius 1 is 1.30 bits per heavy atom. The Balaban J connectivity index is 1.62. The number of aromatic nitrogens is 2. The van der Waals surface area contributed by atoms with Crippen LogP contribution in [-0.2, 0) is 9.53 Å². The largest absolute Gasteiger partial charge is 0.462 e.